The Hall–Kier alpha value is -7.69. The first kappa shape index (κ1) is 27.0. The first-order valence-corrected chi connectivity index (χ1v) is 19.0. The fourth-order valence-electron chi connectivity index (χ4n) is 8.88. The first-order chi connectivity index (χ1) is 30.4. The largest absolute Gasteiger partial charge is 0.309 e. The molecule has 0 fully saturated rings. The smallest absolute Gasteiger partial charge is 0.0645 e. The lowest BCUT2D eigenvalue weighted by atomic mass is 10.0. The van der Waals surface area contributed by atoms with Crippen molar-refractivity contribution in [2.24, 2.45) is 0 Å². The van der Waals surface area contributed by atoms with E-state index in [1.807, 2.05) is 18.2 Å². The number of para-hydroxylation sites is 4. The first-order valence-electron chi connectivity index (χ1n) is 21.5. The molecular weight excluding hydrogens is 693 g/mol. The van der Waals surface area contributed by atoms with Crippen molar-refractivity contribution < 1.29 is 6.85 Å². The Bertz CT molecular complexity index is 3780. The normalized spacial score (nSPS) is 13.1. The summed E-state index contributed by atoms with van der Waals surface area (Å²) in [5.41, 5.74) is 12.7. The minimum Gasteiger partial charge on any atom is -0.309 e. The molecule has 57 heavy (non-hydrogen) atoms. The summed E-state index contributed by atoms with van der Waals surface area (Å²) >= 11 is 0. The van der Waals surface area contributed by atoms with Gasteiger partial charge in [-0.05, 0) is 113 Å². The zero-order chi connectivity index (χ0) is 41.8. The molecule has 0 radical (unpaired) electrons. The highest BCUT2D eigenvalue weighted by Crippen LogP contribution is 2.39. The SMILES string of the molecule is [2H]c1c([2H])c([2H])c(-n2c3ccncc3c3cc(-c4ccc(-n5c6ccccc6c6cc(-c7ccc8c(c7)c7ccccc7n8-c7ccccc7)ccc65)cc4)ccc32)c([2H])c1[2H]. The summed E-state index contributed by atoms with van der Waals surface area (Å²) < 4.78 is 48.7. The molecule has 4 heterocycles. The van der Waals surface area contributed by atoms with Gasteiger partial charge in [0.05, 0.1) is 40.0 Å². The van der Waals surface area contributed by atoms with Crippen LogP contribution in [0.1, 0.15) is 6.85 Å². The third-order valence-corrected chi connectivity index (χ3v) is 11.4. The van der Waals surface area contributed by atoms with Crippen LogP contribution in [-0.4, -0.2) is 18.7 Å². The molecule has 0 N–H and O–H groups in total. The minimum absolute atomic E-state index is 0.117. The van der Waals surface area contributed by atoms with Crippen LogP contribution in [0.25, 0.3) is 105 Å². The van der Waals surface area contributed by atoms with Gasteiger partial charge >= 0.3 is 0 Å². The molecule has 8 aromatic carbocycles. The van der Waals surface area contributed by atoms with Crippen LogP contribution in [0.4, 0.5) is 0 Å². The van der Waals surface area contributed by atoms with Crippen LogP contribution in [-0.2, 0) is 0 Å². The van der Waals surface area contributed by atoms with Gasteiger partial charge < -0.3 is 13.7 Å². The Morgan fingerprint density at radius 3 is 1.37 bits per heavy atom. The van der Waals surface area contributed by atoms with Crippen molar-refractivity contribution in [3.63, 3.8) is 0 Å². The monoisotopic (exact) mass is 731 g/mol. The highest BCUT2D eigenvalue weighted by atomic mass is 15.0. The third kappa shape index (κ3) is 4.84. The summed E-state index contributed by atoms with van der Waals surface area (Å²) in [5.74, 6) is 0. The van der Waals surface area contributed by atoms with Crippen LogP contribution < -0.4 is 0 Å². The van der Waals surface area contributed by atoms with Crippen molar-refractivity contribution in [3.8, 4) is 39.3 Å². The minimum atomic E-state index is -0.416. The van der Waals surface area contributed by atoms with Gasteiger partial charge in [0.2, 0.25) is 0 Å². The lowest BCUT2D eigenvalue weighted by molar-refractivity contribution is 1.17. The van der Waals surface area contributed by atoms with Gasteiger partial charge in [-0.2, -0.15) is 0 Å². The third-order valence-electron chi connectivity index (χ3n) is 11.4. The molecule has 0 spiro atoms. The van der Waals surface area contributed by atoms with Gasteiger partial charge in [0, 0.05) is 61.8 Å². The van der Waals surface area contributed by atoms with Gasteiger partial charge in [0.15, 0.2) is 0 Å². The molecule has 4 nitrogen and oxygen atoms in total. The molecule has 0 amide bonds. The Kier molecular flexibility index (Phi) is 5.88. The average Bonchev–Trinajstić information content (AvgIpc) is 3.96. The fourth-order valence-corrected chi connectivity index (χ4v) is 8.88. The second-order valence-corrected chi connectivity index (χ2v) is 14.5. The molecule has 0 unspecified atom stereocenters. The summed E-state index contributed by atoms with van der Waals surface area (Å²) in [6.45, 7) is 0. The molecule has 4 aromatic heterocycles. The van der Waals surface area contributed by atoms with Crippen molar-refractivity contribution in [3.05, 3.63) is 206 Å². The molecule has 0 atom stereocenters. The molecule has 0 saturated carbocycles. The summed E-state index contributed by atoms with van der Waals surface area (Å²) in [6.07, 6.45) is 3.43. The lowest BCUT2D eigenvalue weighted by Crippen LogP contribution is -1.94. The molecule has 0 aliphatic rings. The summed E-state index contributed by atoms with van der Waals surface area (Å²) in [4.78, 5) is 4.40. The maximum Gasteiger partial charge on any atom is 0.0645 e. The number of fused-ring (bicyclic) bond motifs is 9. The van der Waals surface area contributed by atoms with E-state index in [1.165, 1.54) is 38.1 Å². The van der Waals surface area contributed by atoms with E-state index in [-0.39, 0.29) is 29.9 Å². The quantitative estimate of drug-likeness (QED) is 0.173. The van der Waals surface area contributed by atoms with Gasteiger partial charge in [-0.25, -0.2) is 0 Å². The number of aromatic nitrogens is 4. The molecule has 0 bridgehead atoms. The predicted molar refractivity (Wildman–Crippen MR) is 238 cm³/mol. The van der Waals surface area contributed by atoms with Crippen LogP contribution in [0.15, 0.2) is 206 Å². The van der Waals surface area contributed by atoms with Crippen LogP contribution in [0.2, 0.25) is 0 Å². The molecule has 12 aromatic rings. The van der Waals surface area contributed by atoms with E-state index in [2.05, 4.69) is 160 Å². The highest BCUT2D eigenvalue weighted by Gasteiger charge is 2.17. The summed E-state index contributed by atoms with van der Waals surface area (Å²) in [7, 11) is 0. The molecule has 0 aliphatic carbocycles. The number of hydrogen-bond donors (Lipinski definition) is 0. The molecular formula is C53H34N4. The van der Waals surface area contributed by atoms with Crippen LogP contribution >= 0.6 is 0 Å². The van der Waals surface area contributed by atoms with Crippen molar-refractivity contribution >= 4 is 65.4 Å². The molecule has 266 valence electrons. The van der Waals surface area contributed by atoms with E-state index in [4.69, 9.17) is 6.85 Å². The van der Waals surface area contributed by atoms with E-state index < -0.39 is 6.04 Å². The Labute approximate surface area is 335 Å². The Morgan fingerprint density at radius 1 is 0.333 bits per heavy atom. The summed E-state index contributed by atoms with van der Waals surface area (Å²) in [5, 5.41) is 6.52. The number of nitrogens with zero attached hydrogens (tertiary/aromatic N) is 4. The number of rotatable bonds is 5. The van der Waals surface area contributed by atoms with Crippen LogP contribution in [0.5, 0.6) is 0 Å². The average molecular weight is 732 g/mol. The number of hydrogen-bond acceptors (Lipinski definition) is 1. The van der Waals surface area contributed by atoms with E-state index in [0.29, 0.717) is 5.52 Å². The van der Waals surface area contributed by atoms with Gasteiger partial charge in [0.1, 0.15) is 0 Å². The topological polar surface area (TPSA) is 27.7 Å². The van der Waals surface area contributed by atoms with Crippen molar-refractivity contribution in [2.45, 2.75) is 0 Å². The van der Waals surface area contributed by atoms with E-state index in [1.54, 1.807) is 17.0 Å². The number of pyridine rings is 1. The van der Waals surface area contributed by atoms with Gasteiger partial charge in [0.25, 0.3) is 0 Å². The molecule has 4 heteroatoms. The fraction of sp³-hybridized carbons (Fsp3) is 0. The van der Waals surface area contributed by atoms with Gasteiger partial charge in [-0.1, -0.05) is 103 Å². The maximum atomic E-state index is 8.73. The van der Waals surface area contributed by atoms with Crippen molar-refractivity contribution in [2.75, 3.05) is 0 Å². The standard InChI is InChI=1S/C53H34N4/c1-3-11-39(12-4-1)55-48-17-9-7-15-42(48)44-32-37(22-27-50(44)55)38-23-28-51-45(33-38)43-16-8-10-18-49(43)57(51)41-24-19-35(20-25-41)36-21-26-52-46(31-36)47-34-54-30-29-53(47)56(52)40-13-5-2-6-14-40/h1-34H/i2D,5D,6D,13D,14D. The zero-order valence-electron chi connectivity index (χ0n) is 35.5. The highest BCUT2D eigenvalue weighted by molar-refractivity contribution is 6.13. The van der Waals surface area contributed by atoms with Gasteiger partial charge in [-0.15, -0.1) is 0 Å². The van der Waals surface area contributed by atoms with Crippen molar-refractivity contribution in [1.82, 2.24) is 18.7 Å². The predicted octanol–water partition coefficient (Wildman–Crippen LogP) is 13.7. The van der Waals surface area contributed by atoms with E-state index in [9.17, 15) is 0 Å². The molecule has 0 aliphatic heterocycles. The number of benzene rings is 8. The summed E-state index contributed by atoms with van der Waals surface area (Å²) in [6, 6.07) is 56.2. The molecule has 0 saturated heterocycles. The second kappa shape index (κ2) is 12.4. The van der Waals surface area contributed by atoms with E-state index >= 15 is 0 Å². The van der Waals surface area contributed by atoms with Crippen LogP contribution in [0.3, 0.4) is 0 Å². The second-order valence-electron chi connectivity index (χ2n) is 14.5. The van der Waals surface area contributed by atoms with Crippen molar-refractivity contribution in [1.29, 1.82) is 0 Å². The van der Waals surface area contributed by atoms with Gasteiger partial charge in [-0.3, -0.25) is 4.98 Å². The Balaban J connectivity index is 0.946. The lowest BCUT2D eigenvalue weighted by Gasteiger charge is -2.11. The van der Waals surface area contributed by atoms with Crippen LogP contribution in [0, 0.1) is 0 Å². The zero-order valence-corrected chi connectivity index (χ0v) is 30.5. The Morgan fingerprint density at radius 2 is 0.772 bits per heavy atom. The maximum absolute atomic E-state index is 8.73. The van der Waals surface area contributed by atoms with E-state index in [0.717, 1.165) is 55.4 Å². The molecule has 12 rings (SSSR count).